The van der Waals surface area contributed by atoms with E-state index in [0.29, 0.717) is 12.0 Å². The second-order valence-corrected chi connectivity index (χ2v) is 8.07. The molecule has 0 N–H and O–H groups in total. The van der Waals surface area contributed by atoms with Crippen LogP contribution in [0, 0.1) is 5.82 Å². The lowest BCUT2D eigenvalue weighted by molar-refractivity contribution is 0.0255. The van der Waals surface area contributed by atoms with Crippen LogP contribution < -0.4 is 4.90 Å². The number of hydrogen-bond acceptors (Lipinski definition) is 5. The SMILES string of the molecule is Fc1ccc(N2CCN(C3CN(Cc4cnc(C5CC5)nc4)C3)CC2)cc1. The van der Waals surface area contributed by atoms with E-state index in [4.69, 9.17) is 0 Å². The van der Waals surface area contributed by atoms with Crippen LogP contribution in [0.2, 0.25) is 0 Å². The number of benzene rings is 1. The Morgan fingerprint density at radius 1 is 0.926 bits per heavy atom. The molecule has 0 amide bonds. The molecule has 2 saturated heterocycles. The lowest BCUT2D eigenvalue weighted by Crippen LogP contribution is -2.62. The summed E-state index contributed by atoms with van der Waals surface area (Å²) in [5.74, 6) is 1.49. The van der Waals surface area contributed by atoms with Crippen LogP contribution >= 0.6 is 0 Å². The van der Waals surface area contributed by atoms with Crippen molar-refractivity contribution in [3.8, 4) is 0 Å². The zero-order valence-electron chi connectivity index (χ0n) is 15.6. The van der Waals surface area contributed by atoms with Gasteiger partial charge >= 0.3 is 0 Å². The molecule has 1 aromatic heterocycles. The summed E-state index contributed by atoms with van der Waals surface area (Å²) in [5, 5.41) is 0. The molecule has 142 valence electrons. The largest absolute Gasteiger partial charge is 0.369 e. The van der Waals surface area contributed by atoms with Crippen molar-refractivity contribution in [1.82, 2.24) is 19.8 Å². The Morgan fingerprint density at radius 2 is 1.59 bits per heavy atom. The van der Waals surface area contributed by atoms with Crippen molar-refractivity contribution in [1.29, 1.82) is 0 Å². The number of rotatable bonds is 5. The molecule has 27 heavy (non-hydrogen) atoms. The first kappa shape index (κ1) is 17.1. The van der Waals surface area contributed by atoms with E-state index in [2.05, 4.69) is 24.7 Å². The lowest BCUT2D eigenvalue weighted by atomic mass is 10.0. The van der Waals surface area contributed by atoms with Gasteiger partial charge in [-0.15, -0.1) is 0 Å². The van der Waals surface area contributed by atoms with Gasteiger partial charge in [0.05, 0.1) is 0 Å². The Labute approximate surface area is 159 Å². The van der Waals surface area contributed by atoms with Crippen LogP contribution in [-0.2, 0) is 6.54 Å². The van der Waals surface area contributed by atoms with Crippen LogP contribution in [0.5, 0.6) is 0 Å². The fourth-order valence-corrected chi connectivity index (χ4v) is 4.16. The van der Waals surface area contributed by atoms with Crippen molar-refractivity contribution < 1.29 is 4.39 Å². The van der Waals surface area contributed by atoms with E-state index in [0.717, 1.165) is 57.3 Å². The number of nitrogens with zero attached hydrogens (tertiary/aromatic N) is 5. The number of likely N-dealkylation sites (tertiary alicyclic amines) is 1. The predicted molar refractivity (Wildman–Crippen MR) is 103 cm³/mol. The van der Waals surface area contributed by atoms with E-state index < -0.39 is 0 Å². The third kappa shape index (κ3) is 3.82. The highest BCUT2D eigenvalue weighted by atomic mass is 19.1. The molecule has 0 spiro atoms. The van der Waals surface area contributed by atoms with Crippen molar-refractivity contribution in [2.45, 2.75) is 31.3 Å². The van der Waals surface area contributed by atoms with Gasteiger partial charge in [-0.1, -0.05) is 0 Å². The standard InChI is InChI=1S/C21H26FN5/c22-18-3-5-19(6-4-18)26-7-9-27(10-8-26)20-14-25(15-20)13-16-11-23-21(24-12-16)17-1-2-17/h3-6,11-12,17,20H,1-2,7-10,13-15H2. The molecule has 1 saturated carbocycles. The Balaban J connectivity index is 1.07. The number of piperazine rings is 1. The highest BCUT2D eigenvalue weighted by molar-refractivity contribution is 5.46. The average molecular weight is 367 g/mol. The predicted octanol–water partition coefficient (Wildman–Crippen LogP) is 2.50. The number of anilines is 1. The maximum atomic E-state index is 13.1. The lowest BCUT2D eigenvalue weighted by Gasteiger charge is -2.48. The van der Waals surface area contributed by atoms with E-state index in [-0.39, 0.29) is 5.82 Å². The summed E-state index contributed by atoms with van der Waals surface area (Å²) in [6, 6.07) is 7.52. The highest BCUT2D eigenvalue weighted by Crippen LogP contribution is 2.37. The van der Waals surface area contributed by atoms with Crippen molar-refractivity contribution >= 4 is 5.69 Å². The molecule has 3 fully saturated rings. The minimum absolute atomic E-state index is 0.167. The van der Waals surface area contributed by atoms with E-state index in [1.807, 2.05) is 24.5 Å². The van der Waals surface area contributed by atoms with Gasteiger partial charge in [-0.2, -0.15) is 0 Å². The molecule has 0 radical (unpaired) electrons. The van der Waals surface area contributed by atoms with Gasteiger partial charge in [0.2, 0.25) is 0 Å². The third-order valence-electron chi connectivity index (χ3n) is 6.03. The Bertz CT molecular complexity index is 760. The molecule has 0 atom stereocenters. The van der Waals surface area contributed by atoms with Gasteiger partial charge in [-0.3, -0.25) is 9.80 Å². The first-order chi connectivity index (χ1) is 13.2. The second-order valence-electron chi connectivity index (χ2n) is 8.07. The van der Waals surface area contributed by atoms with Gasteiger partial charge in [0, 0.05) is 81.4 Å². The fraction of sp³-hybridized carbons (Fsp3) is 0.524. The van der Waals surface area contributed by atoms with Crippen LogP contribution in [-0.4, -0.2) is 65.1 Å². The van der Waals surface area contributed by atoms with Crippen LogP contribution in [0.3, 0.4) is 0 Å². The maximum Gasteiger partial charge on any atom is 0.131 e. The first-order valence-corrected chi connectivity index (χ1v) is 10.0. The molecule has 0 unspecified atom stereocenters. The molecular weight excluding hydrogens is 341 g/mol. The summed E-state index contributed by atoms with van der Waals surface area (Å²) >= 11 is 0. The van der Waals surface area contributed by atoms with Crippen molar-refractivity contribution in [2.75, 3.05) is 44.2 Å². The van der Waals surface area contributed by atoms with Gasteiger partial charge < -0.3 is 4.90 Å². The Kier molecular flexibility index (Phi) is 4.53. The monoisotopic (exact) mass is 367 g/mol. The molecule has 0 bridgehead atoms. The molecule has 1 aromatic carbocycles. The molecule has 5 nitrogen and oxygen atoms in total. The first-order valence-electron chi connectivity index (χ1n) is 10.0. The molecule has 6 heteroatoms. The van der Waals surface area contributed by atoms with Gasteiger partial charge in [0.25, 0.3) is 0 Å². The molecule has 5 rings (SSSR count). The molecule has 1 aliphatic carbocycles. The summed E-state index contributed by atoms with van der Waals surface area (Å²) in [6.07, 6.45) is 6.52. The summed E-state index contributed by atoms with van der Waals surface area (Å²) < 4.78 is 13.1. The molecular formula is C21H26FN5. The molecule has 2 aliphatic heterocycles. The third-order valence-corrected chi connectivity index (χ3v) is 6.03. The minimum Gasteiger partial charge on any atom is -0.369 e. The quantitative estimate of drug-likeness (QED) is 0.811. The normalized spacial score (nSPS) is 22.0. The smallest absolute Gasteiger partial charge is 0.131 e. The summed E-state index contributed by atoms with van der Waals surface area (Å²) in [4.78, 5) is 16.5. The summed E-state index contributed by atoms with van der Waals surface area (Å²) in [6.45, 7) is 7.39. The highest BCUT2D eigenvalue weighted by Gasteiger charge is 2.33. The maximum absolute atomic E-state index is 13.1. The molecule has 3 aliphatic rings. The molecule has 2 aromatic rings. The van der Waals surface area contributed by atoms with Crippen molar-refractivity contribution in [3.63, 3.8) is 0 Å². The van der Waals surface area contributed by atoms with E-state index in [9.17, 15) is 4.39 Å². The van der Waals surface area contributed by atoms with Crippen LogP contribution in [0.15, 0.2) is 36.7 Å². The summed E-state index contributed by atoms with van der Waals surface area (Å²) in [5.41, 5.74) is 2.35. The average Bonchev–Trinajstić information content (AvgIpc) is 3.51. The summed E-state index contributed by atoms with van der Waals surface area (Å²) in [7, 11) is 0. The van der Waals surface area contributed by atoms with Gasteiger partial charge in [0.1, 0.15) is 11.6 Å². The van der Waals surface area contributed by atoms with Crippen LogP contribution in [0.1, 0.15) is 30.1 Å². The Morgan fingerprint density at radius 3 is 2.22 bits per heavy atom. The van der Waals surface area contributed by atoms with E-state index in [1.54, 1.807) is 12.1 Å². The topological polar surface area (TPSA) is 35.5 Å². The van der Waals surface area contributed by atoms with E-state index in [1.165, 1.54) is 18.4 Å². The fourth-order valence-electron chi connectivity index (χ4n) is 4.16. The van der Waals surface area contributed by atoms with Crippen molar-refractivity contribution in [3.05, 3.63) is 53.9 Å². The zero-order chi connectivity index (χ0) is 18.2. The zero-order valence-corrected chi connectivity index (χ0v) is 15.6. The van der Waals surface area contributed by atoms with Crippen LogP contribution in [0.4, 0.5) is 10.1 Å². The van der Waals surface area contributed by atoms with E-state index >= 15 is 0 Å². The second kappa shape index (κ2) is 7.17. The van der Waals surface area contributed by atoms with Gasteiger partial charge in [0.15, 0.2) is 0 Å². The Hall–Kier alpha value is -2.05. The minimum atomic E-state index is -0.167. The number of hydrogen-bond donors (Lipinski definition) is 0. The van der Waals surface area contributed by atoms with Gasteiger partial charge in [-0.05, 0) is 37.1 Å². The van der Waals surface area contributed by atoms with Crippen molar-refractivity contribution in [2.24, 2.45) is 0 Å². The van der Waals surface area contributed by atoms with Crippen LogP contribution in [0.25, 0.3) is 0 Å². The van der Waals surface area contributed by atoms with Gasteiger partial charge in [-0.25, -0.2) is 14.4 Å². The number of halogens is 1. The number of aromatic nitrogens is 2. The molecule has 3 heterocycles.